The SMILES string of the molecule is [c]1cccc2c1C=[N+]C=C2. The lowest BCUT2D eigenvalue weighted by Crippen LogP contribution is -1.95. The third-order valence-corrected chi connectivity index (χ3v) is 1.47. The molecule has 1 aromatic rings. The molecule has 2 rings (SSSR count). The first-order chi connectivity index (χ1) is 4.97. The lowest BCUT2D eigenvalue weighted by Gasteiger charge is -1.94. The third-order valence-electron chi connectivity index (χ3n) is 1.47. The highest BCUT2D eigenvalue weighted by Crippen LogP contribution is 2.08. The van der Waals surface area contributed by atoms with E-state index in [1.165, 1.54) is 5.56 Å². The van der Waals surface area contributed by atoms with Crippen LogP contribution in [0.4, 0.5) is 0 Å². The minimum absolute atomic E-state index is 1.07. The van der Waals surface area contributed by atoms with Gasteiger partial charge in [-0.05, 0) is 11.6 Å². The predicted molar refractivity (Wildman–Crippen MR) is 41.6 cm³/mol. The molecule has 1 aliphatic rings. The maximum atomic E-state index is 3.98. The van der Waals surface area contributed by atoms with Gasteiger partial charge in [0.25, 0.3) is 6.21 Å². The summed E-state index contributed by atoms with van der Waals surface area (Å²) in [7, 11) is 0. The molecule has 1 aliphatic heterocycles. The van der Waals surface area contributed by atoms with Crippen molar-refractivity contribution in [2.45, 2.75) is 0 Å². The molecular formula is C9H6N+. The Morgan fingerprint density at radius 3 is 3.30 bits per heavy atom. The average molecular weight is 128 g/mol. The maximum Gasteiger partial charge on any atom is 0.250 e. The van der Waals surface area contributed by atoms with Crippen LogP contribution in [0, 0.1) is 6.07 Å². The normalized spacial score (nSPS) is 13.2. The van der Waals surface area contributed by atoms with Crippen molar-refractivity contribution in [2.24, 2.45) is 0 Å². The molecule has 0 aromatic heterocycles. The quantitative estimate of drug-likeness (QED) is 0.499. The lowest BCUT2D eigenvalue weighted by molar-refractivity contribution is 1.38. The van der Waals surface area contributed by atoms with Crippen molar-refractivity contribution in [1.29, 1.82) is 0 Å². The summed E-state index contributed by atoms with van der Waals surface area (Å²) >= 11 is 0. The average Bonchev–Trinajstić information content (AvgIpc) is 2.05. The van der Waals surface area contributed by atoms with Gasteiger partial charge >= 0.3 is 0 Å². The summed E-state index contributed by atoms with van der Waals surface area (Å²) in [5.74, 6) is 0. The number of aliphatic imine (C=N–C) groups is 1. The molecule has 0 bridgehead atoms. The number of fused-ring (bicyclic) bond motifs is 1. The fraction of sp³-hybridized carbons (Fsp3) is 0. The van der Waals surface area contributed by atoms with Gasteiger partial charge in [0.15, 0.2) is 0 Å². The van der Waals surface area contributed by atoms with E-state index in [2.05, 4.69) is 11.1 Å². The van der Waals surface area contributed by atoms with E-state index in [4.69, 9.17) is 0 Å². The van der Waals surface area contributed by atoms with Crippen molar-refractivity contribution in [1.82, 2.24) is 4.99 Å². The molecule has 0 N–H and O–H groups in total. The summed E-state index contributed by atoms with van der Waals surface area (Å²) in [6.45, 7) is 0. The van der Waals surface area contributed by atoms with Crippen molar-refractivity contribution in [3.05, 3.63) is 41.6 Å². The number of hydrogen-bond acceptors (Lipinski definition) is 1. The maximum absolute atomic E-state index is 3.98. The molecule has 1 aromatic carbocycles. The van der Waals surface area contributed by atoms with E-state index >= 15 is 0 Å². The highest BCUT2D eigenvalue weighted by atomic mass is 14.7. The first-order valence-electron chi connectivity index (χ1n) is 3.17. The number of rotatable bonds is 0. The number of nitrogens with zero attached hydrogens (tertiary/aromatic N) is 1. The van der Waals surface area contributed by atoms with E-state index < -0.39 is 0 Å². The molecule has 0 atom stereocenters. The molecule has 2 radical (unpaired) electrons. The zero-order valence-electron chi connectivity index (χ0n) is 5.41. The van der Waals surface area contributed by atoms with E-state index in [9.17, 15) is 0 Å². The number of benzene rings is 1. The van der Waals surface area contributed by atoms with Crippen LogP contribution in [0.15, 0.2) is 24.4 Å². The Hall–Kier alpha value is -1.37. The van der Waals surface area contributed by atoms with E-state index in [0.29, 0.717) is 0 Å². The van der Waals surface area contributed by atoms with Crippen LogP contribution in [0.2, 0.25) is 0 Å². The van der Waals surface area contributed by atoms with E-state index in [-0.39, 0.29) is 0 Å². The van der Waals surface area contributed by atoms with Gasteiger partial charge in [0, 0.05) is 6.08 Å². The second kappa shape index (κ2) is 2.10. The van der Waals surface area contributed by atoms with E-state index in [1.807, 2.05) is 30.5 Å². The molecular weight excluding hydrogens is 122 g/mol. The largest absolute Gasteiger partial charge is 0.250 e. The Kier molecular flexibility index (Phi) is 1.14. The molecule has 0 fully saturated rings. The highest BCUT2D eigenvalue weighted by molar-refractivity contribution is 5.86. The Labute approximate surface area is 59.7 Å². The Morgan fingerprint density at radius 2 is 2.40 bits per heavy atom. The first kappa shape index (κ1) is 5.42. The van der Waals surface area contributed by atoms with Crippen LogP contribution in [0.5, 0.6) is 0 Å². The van der Waals surface area contributed by atoms with Crippen molar-refractivity contribution in [2.75, 3.05) is 0 Å². The second-order valence-corrected chi connectivity index (χ2v) is 2.13. The topological polar surface area (TPSA) is 14.1 Å². The van der Waals surface area contributed by atoms with Crippen LogP contribution in [-0.4, -0.2) is 6.21 Å². The molecule has 46 valence electrons. The highest BCUT2D eigenvalue weighted by Gasteiger charge is 2.04. The van der Waals surface area contributed by atoms with Gasteiger partial charge in [-0.3, -0.25) is 0 Å². The number of hydrogen-bond donors (Lipinski definition) is 0. The van der Waals surface area contributed by atoms with Crippen LogP contribution in [0.3, 0.4) is 0 Å². The predicted octanol–water partition coefficient (Wildman–Crippen LogP) is 1.23. The monoisotopic (exact) mass is 128 g/mol. The molecule has 0 amide bonds. The summed E-state index contributed by atoms with van der Waals surface area (Å²) in [6, 6.07) is 9.00. The van der Waals surface area contributed by atoms with Gasteiger partial charge in [-0.25, -0.2) is 0 Å². The van der Waals surface area contributed by atoms with E-state index in [1.54, 1.807) is 6.20 Å². The van der Waals surface area contributed by atoms with Gasteiger partial charge in [-0.1, -0.05) is 18.2 Å². The van der Waals surface area contributed by atoms with Crippen LogP contribution in [0.1, 0.15) is 11.1 Å². The van der Waals surface area contributed by atoms with Crippen molar-refractivity contribution in [3.63, 3.8) is 0 Å². The Bertz CT molecular complexity index is 266. The molecule has 1 heteroatoms. The minimum atomic E-state index is 1.07. The third kappa shape index (κ3) is 0.760. The first-order valence-corrected chi connectivity index (χ1v) is 3.17. The molecule has 0 spiro atoms. The molecule has 0 aliphatic carbocycles. The van der Waals surface area contributed by atoms with Gasteiger partial charge < -0.3 is 0 Å². The van der Waals surface area contributed by atoms with Gasteiger partial charge in [0.05, 0.1) is 10.6 Å². The lowest BCUT2D eigenvalue weighted by atomic mass is 10.1. The van der Waals surface area contributed by atoms with Gasteiger partial charge in [0.1, 0.15) is 0 Å². The van der Waals surface area contributed by atoms with Crippen LogP contribution in [-0.2, 0) is 0 Å². The smallest absolute Gasteiger partial charge is 0.0610 e. The summed E-state index contributed by atoms with van der Waals surface area (Å²) in [4.78, 5) is 3.98. The van der Waals surface area contributed by atoms with Crippen molar-refractivity contribution >= 4 is 12.3 Å². The van der Waals surface area contributed by atoms with Gasteiger partial charge in [-0.2, -0.15) is 0 Å². The van der Waals surface area contributed by atoms with Crippen LogP contribution >= 0.6 is 0 Å². The minimum Gasteiger partial charge on any atom is -0.0610 e. The molecule has 10 heavy (non-hydrogen) atoms. The fourth-order valence-corrected chi connectivity index (χ4v) is 0.961. The van der Waals surface area contributed by atoms with Crippen molar-refractivity contribution in [3.8, 4) is 0 Å². The van der Waals surface area contributed by atoms with Crippen LogP contribution in [0.25, 0.3) is 6.08 Å². The second-order valence-electron chi connectivity index (χ2n) is 2.13. The van der Waals surface area contributed by atoms with Crippen LogP contribution < -0.4 is 4.99 Å². The van der Waals surface area contributed by atoms with E-state index in [0.717, 1.165) is 5.56 Å². The molecule has 0 unspecified atom stereocenters. The molecule has 1 nitrogen and oxygen atoms in total. The molecule has 0 saturated carbocycles. The zero-order valence-corrected chi connectivity index (χ0v) is 5.41. The standard InChI is InChI=1S/C9H6N/c1-2-4-9-7-10-6-5-8(9)3-1/h1-3,5-7H/q+1. The molecule has 0 saturated heterocycles. The summed E-state index contributed by atoms with van der Waals surface area (Å²) in [6.07, 6.45) is 5.58. The van der Waals surface area contributed by atoms with Gasteiger partial charge in [-0.15, -0.1) is 0 Å². The zero-order chi connectivity index (χ0) is 6.81. The summed E-state index contributed by atoms with van der Waals surface area (Å²) < 4.78 is 0. The summed E-state index contributed by atoms with van der Waals surface area (Å²) in [5.41, 5.74) is 2.27. The fourth-order valence-electron chi connectivity index (χ4n) is 0.961. The summed E-state index contributed by atoms with van der Waals surface area (Å²) in [5, 5.41) is 0. The van der Waals surface area contributed by atoms with Crippen molar-refractivity contribution < 1.29 is 0 Å². The Morgan fingerprint density at radius 1 is 1.40 bits per heavy atom. The molecule has 1 heterocycles. The Balaban J connectivity index is 2.65. The van der Waals surface area contributed by atoms with Gasteiger partial charge in [0.2, 0.25) is 6.20 Å².